The fraction of sp³-hybridized carbons (Fsp3) is 0.409. The van der Waals surface area contributed by atoms with Gasteiger partial charge in [0.05, 0.1) is 24.8 Å². The minimum absolute atomic E-state index is 0.0345. The van der Waals surface area contributed by atoms with Crippen molar-refractivity contribution < 1.29 is 22.7 Å². The highest BCUT2D eigenvalue weighted by atomic mass is 32.2. The zero-order valence-corrected chi connectivity index (χ0v) is 19.2. The summed E-state index contributed by atoms with van der Waals surface area (Å²) in [5.74, 6) is 0.750. The van der Waals surface area contributed by atoms with E-state index in [2.05, 4.69) is 11.8 Å². The monoisotopic (exact) mass is 447 g/mol. The number of carbonyl (C=O) groups excluding carboxylic acids is 1. The van der Waals surface area contributed by atoms with Crippen molar-refractivity contribution in [3.63, 3.8) is 0 Å². The topological polar surface area (TPSA) is 79.4 Å². The Bertz CT molecular complexity index is 1020. The number of sulfonamides is 1. The lowest BCUT2D eigenvalue weighted by atomic mass is 10.1. The van der Waals surface area contributed by atoms with Crippen LogP contribution in [0.1, 0.15) is 17.3 Å². The average Bonchev–Trinajstić information content (AvgIpc) is 2.82. The first-order valence-electron chi connectivity index (χ1n) is 10.1. The van der Waals surface area contributed by atoms with Gasteiger partial charge in [0.25, 0.3) is 15.9 Å². The van der Waals surface area contributed by atoms with Gasteiger partial charge in [-0.1, -0.05) is 6.92 Å². The van der Waals surface area contributed by atoms with Crippen LogP contribution in [0, 0.1) is 0 Å². The molecule has 1 aliphatic rings. The van der Waals surface area contributed by atoms with Crippen molar-refractivity contribution in [2.24, 2.45) is 0 Å². The first kappa shape index (κ1) is 22.9. The van der Waals surface area contributed by atoms with Crippen LogP contribution in [0.4, 0.5) is 5.69 Å². The van der Waals surface area contributed by atoms with Crippen LogP contribution in [-0.2, 0) is 10.0 Å². The second-order valence-electron chi connectivity index (χ2n) is 7.26. The van der Waals surface area contributed by atoms with Crippen LogP contribution in [0.15, 0.2) is 47.4 Å². The van der Waals surface area contributed by atoms with Crippen molar-refractivity contribution in [3.8, 4) is 11.5 Å². The van der Waals surface area contributed by atoms with E-state index < -0.39 is 10.0 Å². The molecular formula is C22H29N3O5S. The Morgan fingerprint density at radius 3 is 2.13 bits per heavy atom. The minimum Gasteiger partial charge on any atom is -0.493 e. The summed E-state index contributed by atoms with van der Waals surface area (Å²) in [7, 11) is 0.609. The summed E-state index contributed by atoms with van der Waals surface area (Å²) in [5, 5.41) is 0. The van der Waals surface area contributed by atoms with Gasteiger partial charge in [-0.3, -0.25) is 9.10 Å². The number of ether oxygens (including phenoxy) is 2. The minimum atomic E-state index is -3.82. The molecule has 2 aromatic carbocycles. The number of rotatable bonds is 7. The zero-order valence-electron chi connectivity index (χ0n) is 18.4. The number of hydrogen-bond donors (Lipinski definition) is 0. The van der Waals surface area contributed by atoms with E-state index >= 15 is 0 Å². The second kappa shape index (κ2) is 9.57. The number of benzene rings is 2. The Morgan fingerprint density at radius 2 is 1.58 bits per heavy atom. The predicted octanol–water partition coefficient (Wildman–Crippen LogP) is 2.31. The Balaban J connectivity index is 1.76. The van der Waals surface area contributed by atoms with Gasteiger partial charge in [0, 0.05) is 44.9 Å². The highest BCUT2D eigenvalue weighted by molar-refractivity contribution is 7.92. The summed E-state index contributed by atoms with van der Waals surface area (Å²) >= 11 is 0. The van der Waals surface area contributed by atoms with Gasteiger partial charge in [-0.15, -0.1) is 0 Å². The van der Waals surface area contributed by atoms with Crippen molar-refractivity contribution in [3.05, 3.63) is 48.0 Å². The van der Waals surface area contributed by atoms with Crippen molar-refractivity contribution in [2.45, 2.75) is 11.8 Å². The number of likely N-dealkylation sites (N-methyl/N-ethyl adjacent to an activating group) is 1. The average molecular weight is 448 g/mol. The summed E-state index contributed by atoms with van der Waals surface area (Å²) in [5.41, 5.74) is 1.01. The second-order valence-corrected chi connectivity index (χ2v) is 9.23. The normalized spacial score (nSPS) is 14.9. The number of amides is 1. The van der Waals surface area contributed by atoms with E-state index in [1.807, 2.05) is 4.90 Å². The Kier molecular flexibility index (Phi) is 7.07. The van der Waals surface area contributed by atoms with Gasteiger partial charge in [0.15, 0.2) is 11.5 Å². The van der Waals surface area contributed by atoms with Crippen LogP contribution in [0.25, 0.3) is 0 Å². The molecule has 1 amide bonds. The van der Waals surface area contributed by atoms with Crippen molar-refractivity contribution in [1.29, 1.82) is 0 Å². The number of hydrogen-bond acceptors (Lipinski definition) is 6. The fourth-order valence-corrected chi connectivity index (χ4v) is 4.75. The fourth-order valence-electron chi connectivity index (χ4n) is 3.54. The summed E-state index contributed by atoms with van der Waals surface area (Å²) in [4.78, 5) is 17.0. The quantitative estimate of drug-likeness (QED) is 0.648. The molecule has 1 saturated heterocycles. The summed E-state index contributed by atoms with van der Waals surface area (Å²) in [6.07, 6.45) is 0. The third kappa shape index (κ3) is 4.77. The number of methoxy groups -OCH3 is 2. The third-order valence-corrected chi connectivity index (χ3v) is 7.38. The van der Waals surface area contributed by atoms with Crippen molar-refractivity contribution in [1.82, 2.24) is 9.80 Å². The van der Waals surface area contributed by atoms with Crippen LogP contribution < -0.4 is 13.8 Å². The van der Waals surface area contributed by atoms with Gasteiger partial charge in [0.2, 0.25) is 0 Å². The largest absolute Gasteiger partial charge is 0.493 e. The van der Waals surface area contributed by atoms with E-state index in [1.54, 1.807) is 30.3 Å². The summed E-state index contributed by atoms with van der Waals surface area (Å²) in [6.45, 7) is 6.23. The first-order valence-corrected chi connectivity index (χ1v) is 11.6. The predicted molar refractivity (Wildman–Crippen MR) is 120 cm³/mol. The molecule has 0 saturated carbocycles. The van der Waals surface area contributed by atoms with Crippen molar-refractivity contribution in [2.75, 3.05) is 58.3 Å². The molecule has 1 aliphatic heterocycles. The standard InChI is InChI=1S/C22H29N3O5S/c1-5-24-12-14-25(15-13-24)22(26)17-6-8-18(9-7-17)23(2)31(27,28)19-10-11-20(29-3)21(16-19)30-4/h6-11,16H,5,12-15H2,1-4H3. The van der Waals surface area contributed by atoms with Crippen LogP contribution in [-0.4, -0.2) is 78.1 Å². The van der Waals surface area contributed by atoms with Gasteiger partial charge in [-0.25, -0.2) is 8.42 Å². The number of piperazine rings is 1. The molecule has 3 rings (SSSR count). The van der Waals surface area contributed by atoms with E-state index in [4.69, 9.17) is 9.47 Å². The smallest absolute Gasteiger partial charge is 0.264 e. The molecule has 168 valence electrons. The number of nitrogens with zero attached hydrogens (tertiary/aromatic N) is 3. The van der Waals surface area contributed by atoms with Gasteiger partial charge >= 0.3 is 0 Å². The molecule has 0 bridgehead atoms. The molecular weight excluding hydrogens is 418 g/mol. The summed E-state index contributed by atoms with van der Waals surface area (Å²) in [6, 6.07) is 11.1. The van der Waals surface area contributed by atoms with Crippen molar-refractivity contribution >= 4 is 21.6 Å². The van der Waals surface area contributed by atoms with E-state index in [1.165, 1.54) is 37.7 Å². The molecule has 0 radical (unpaired) electrons. The third-order valence-electron chi connectivity index (χ3n) is 5.60. The molecule has 1 heterocycles. The maximum absolute atomic E-state index is 13.1. The molecule has 9 heteroatoms. The molecule has 0 spiro atoms. The highest BCUT2D eigenvalue weighted by Crippen LogP contribution is 2.31. The van der Waals surface area contributed by atoms with Crippen LogP contribution in [0.2, 0.25) is 0 Å². The van der Waals surface area contributed by atoms with E-state index in [0.29, 0.717) is 35.8 Å². The van der Waals surface area contributed by atoms with E-state index in [9.17, 15) is 13.2 Å². The first-order chi connectivity index (χ1) is 14.8. The lowest BCUT2D eigenvalue weighted by molar-refractivity contribution is 0.0643. The van der Waals surface area contributed by atoms with Crippen LogP contribution >= 0.6 is 0 Å². The molecule has 1 fully saturated rings. The van der Waals surface area contributed by atoms with Gasteiger partial charge < -0.3 is 19.3 Å². The number of carbonyl (C=O) groups is 1. The molecule has 8 nitrogen and oxygen atoms in total. The molecule has 31 heavy (non-hydrogen) atoms. The number of anilines is 1. The molecule has 0 aromatic heterocycles. The lowest BCUT2D eigenvalue weighted by Crippen LogP contribution is -2.48. The van der Waals surface area contributed by atoms with Gasteiger partial charge in [-0.2, -0.15) is 0 Å². The summed E-state index contributed by atoms with van der Waals surface area (Å²) < 4.78 is 37.7. The van der Waals surface area contributed by atoms with Gasteiger partial charge in [0.1, 0.15) is 0 Å². The molecule has 0 unspecified atom stereocenters. The Labute approximate surface area is 184 Å². The maximum atomic E-state index is 13.1. The maximum Gasteiger partial charge on any atom is 0.264 e. The molecule has 2 aromatic rings. The molecule has 0 N–H and O–H groups in total. The van der Waals surface area contributed by atoms with Gasteiger partial charge in [-0.05, 0) is 42.9 Å². The SMILES string of the molecule is CCN1CCN(C(=O)c2ccc(N(C)S(=O)(=O)c3ccc(OC)c(OC)c3)cc2)CC1. The van der Waals surface area contributed by atoms with Crippen LogP contribution in [0.3, 0.4) is 0 Å². The molecule has 0 aliphatic carbocycles. The molecule has 0 atom stereocenters. The van der Waals surface area contributed by atoms with E-state index in [0.717, 1.165) is 19.6 Å². The zero-order chi connectivity index (χ0) is 22.6. The highest BCUT2D eigenvalue weighted by Gasteiger charge is 2.24. The Morgan fingerprint density at radius 1 is 0.968 bits per heavy atom. The van der Waals surface area contributed by atoms with E-state index in [-0.39, 0.29) is 10.8 Å². The lowest BCUT2D eigenvalue weighted by Gasteiger charge is -2.34. The Hall–Kier alpha value is -2.78. The van der Waals surface area contributed by atoms with Crippen LogP contribution in [0.5, 0.6) is 11.5 Å².